The van der Waals surface area contributed by atoms with Gasteiger partial charge in [-0.15, -0.1) is 0 Å². The molecule has 2 unspecified atom stereocenters. The van der Waals surface area contributed by atoms with E-state index in [4.69, 9.17) is 5.14 Å². The average molecular weight is 325 g/mol. The Kier molecular flexibility index (Phi) is 3.18. The molecule has 116 valence electrons. The van der Waals surface area contributed by atoms with Gasteiger partial charge in [-0.1, -0.05) is 30.3 Å². The van der Waals surface area contributed by atoms with E-state index in [9.17, 15) is 8.42 Å². The molecule has 5 nitrogen and oxygen atoms in total. The molecule has 23 heavy (non-hydrogen) atoms. The monoisotopic (exact) mass is 325 g/mol. The van der Waals surface area contributed by atoms with Crippen molar-refractivity contribution in [2.45, 2.75) is 23.2 Å². The molecule has 0 saturated heterocycles. The van der Waals surface area contributed by atoms with Crippen LogP contribution in [0.1, 0.15) is 29.5 Å². The zero-order chi connectivity index (χ0) is 16.0. The molecule has 2 atom stereocenters. The number of rotatable bonds is 3. The maximum absolute atomic E-state index is 11.8. The van der Waals surface area contributed by atoms with E-state index in [-0.39, 0.29) is 16.7 Å². The van der Waals surface area contributed by atoms with Crippen molar-refractivity contribution in [2.75, 3.05) is 0 Å². The van der Waals surface area contributed by atoms with Crippen LogP contribution in [-0.2, 0) is 10.0 Å². The Morgan fingerprint density at radius 1 is 0.957 bits per heavy atom. The number of fused-ring (bicyclic) bond motifs is 1. The molecule has 1 aliphatic rings. The van der Waals surface area contributed by atoms with Crippen molar-refractivity contribution < 1.29 is 8.42 Å². The van der Waals surface area contributed by atoms with Gasteiger partial charge >= 0.3 is 0 Å². The van der Waals surface area contributed by atoms with E-state index in [1.54, 1.807) is 18.3 Å². The van der Waals surface area contributed by atoms with Crippen molar-refractivity contribution in [1.82, 2.24) is 9.97 Å². The highest BCUT2D eigenvalue weighted by Gasteiger charge is 2.43. The van der Waals surface area contributed by atoms with Crippen LogP contribution in [0.25, 0.3) is 11.0 Å². The summed E-state index contributed by atoms with van der Waals surface area (Å²) in [5.74, 6) is 0.315. The lowest BCUT2D eigenvalue weighted by Gasteiger charge is -2.07. The van der Waals surface area contributed by atoms with E-state index in [1.807, 2.05) is 36.4 Å². The van der Waals surface area contributed by atoms with Crippen LogP contribution in [-0.4, -0.2) is 18.4 Å². The van der Waals surface area contributed by atoms with Gasteiger partial charge in [-0.25, -0.2) is 18.5 Å². The largest absolute Gasteiger partial charge is 0.253 e. The average Bonchev–Trinajstić information content (AvgIpc) is 3.34. The van der Waals surface area contributed by atoms with E-state index >= 15 is 0 Å². The van der Waals surface area contributed by atoms with Crippen LogP contribution >= 0.6 is 0 Å². The lowest BCUT2D eigenvalue weighted by atomic mass is 10.1. The quantitative estimate of drug-likeness (QED) is 0.802. The Labute approximate surface area is 134 Å². The predicted molar refractivity (Wildman–Crippen MR) is 87.5 cm³/mol. The fourth-order valence-corrected chi connectivity index (χ4v) is 3.88. The Morgan fingerprint density at radius 3 is 2.43 bits per heavy atom. The molecule has 1 heterocycles. The number of nitrogens with two attached hydrogens (primary N) is 1. The number of primary sulfonamides is 1. The van der Waals surface area contributed by atoms with Gasteiger partial charge in [-0.05, 0) is 36.1 Å². The molecule has 4 rings (SSSR count). The summed E-state index contributed by atoms with van der Waals surface area (Å²) in [6.45, 7) is 0. The molecule has 1 aromatic heterocycles. The minimum atomic E-state index is -3.71. The molecule has 0 spiro atoms. The minimum absolute atomic E-state index is 0.125. The summed E-state index contributed by atoms with van der Waals surface area (Å²) in [5.41, 5.74) is 3.39. The summed E-state index contributed by atoms with van der Waals surface area (Å²) >= 11 is 0. The van der Waals surface area contributed by atoms with E-state index < -0.39 is 10.0 Å². The fourth-order valence-electron chi connectivity index (χ4n) is 3.06. The number of hydrogen-bond donors (Lipinski definition) is 1. The third-order valence-corrected chi connectivity index (χ3v) is 5.25. The third-order valence-electron chi connectivity index (χ3n) is 4.26. The maximum atomic E-state index is 11.8. The molecule has 1 fully saturated rings. The molecule has 0 radical (unpaired) electrons. The molecule has 0 bridgehead atoms. The molecule has 2 aromatic carbocycles. The van der Waals surface area contributed by atoms with Crippen molar-refractivity contribution in [3.63, 3.8) is 0 Å². The summed E-state index contributed by atoms with van der Waals surface area (Å²) in [6.07, 6.45) is 2.64. The number of sulfonamides is 1. The lowest BCUT2D eigenvalue weighted by Crippen LogP contribution is -2.14. The lowest BCUT2D eigenvalue weighted by molar-refractivity contribution is 0.596. The number of para-hydroxylation sites is 2. The van der Waals surface area contributed by atoms with Crippen LogP contribution < -0.4 is 5.14 Å². The van der Waals surface area contributed by atoms with Gasteiger partial charge in [0, 0.05) is 12.1 Å². The van der Waals surface area contributed by atoms with Gasteiger partial charge in [-0.3, -0.25) is 4.98 Å². The summed E-state index contributed by atoms with van der Waals surface area (Å²) < 4.78 is 23.5. The highest BCUT2D eigenvalue weighted by Crippen LogP contribution is 2.55. The van der Waals surface area contributed by atoms with Gasteiger partial charge in [0.1, 0.15) is 0 Å². The van der Waals surface area contributed by atoms with Gasteiger partial charge in [0.15, 0.2) is 0 Å². The van der Waals surface area contributed by atoms with Crippen molar-refractivity contribution in [3.05, 3.63) is 66.0 Å². The van der Waals surface area contributed by atoms with Crippen LogP contribution in [0.15, 0.2) is 59.6 Å². The Balaban J connectivity index is 1.70. The van der Waals surface area contributed by atoms with E-state index in [2.05, 4.69) is 9.97 Å². The van der Waals surface area contributed by atoms with Crippen molar-refractivity contribution in [3.8, 4) is 0 Å². The Hall–Kier alpha value is -2.31. The second kappa shape index (κ2) is 5.11. The van der Waals surface area contributed by atoms with Crippen molar-refractivity contribution in [1.29, 1.82) is 0 Å². The number of benzene rings is 2. The first-order valence-corrected chi connectivity index (χ1v) is 8.92. The van der Waals surface area contributed by atoms with Crippen LogP contribution in [0.3, 0.4) is 0 Å². The highest BCUT2D eigenvalue weighted by molar-refractivity contribution is 7.89. The first kappa shape index (κ1) is 14.3. The summed E-state index contributed by atoms with van der Waals surface area (Å²) in [6, 6.07) is 14.6. The SMILES string of the molecule is NS(=O)(=O)c1ccccc1C1CC1c1cnc2ccccc2n1. The van der Waals surface area contributed by atoms with Crippen LogP contribution in [0.5, 0.6) is 0 Å². The van der Waals surface area contributed by atoms with Crippen molar-refractivity contribution in [2.24, 2.45) is 5.14 Å². The van der Waals surface area contributed by atoms with E-state index in [0.717, 1.165) is 28.7 Å². The molecule has 3 aromatic rings. The third kappa shape index (κ3) is 2.60. The normalized spacial score (nSPS) is 20.6. The van der Waals surface area contributed by atoms with Gasteiger partial charge in [0.05, 0.1) is 21.6 Å². The second-order valence-corrected chi connectivity index (χ2v) is 7.34. The van der Waals surface area contributed by atoms with Gasteiger partial charge in [-0.2, -0.15) is 0 Å². The summed E-state index contributed by atoms with van der Waals surface area (Å²) in [5, 5.41) is 5.33. The van der Waals surface area contributed by atoms with E-state index in [0.29, 0.717) is 0 Å². The summed E-state index contributed by atoms with van der Waals surface area (Å²) in [4.78, 5) is 9.31. The Bertz CT molecular complexity index is 1000. The minimum Gasteiger partial charge on any atom is -0.253 e. The number of aromatic nitrogens is 2. The Morgan fingerprint density at radius 2 is 1.65 bits per heavy atom. The van der Waals surface area contributed by atoms with Gasteiger partial charge in [0.25, 0.3) is 0 Å². The number of nitrogens with zero attached hydrogens (tertiary/aromatic N) is 2. The molecular formula is C17H15N3O2S. The smallest absolute Gasteiger partial charge is 0.238 e. The molecule has 1 aliphatic carbocycles. The molecule has 6 heteroatoms. The zero-order valence-electron chi connectivity index (χ0n) is 12.3. The molecule has 1 saturated carbocycles. The summed E-state index contributed by atoms with van der Waals surface area (Å²) in [7, 11) is -3.71. The van der Waals surface area contributed by atoms with E-state index in [1.165, 1.54) is 0 Å². The molecular weight excluding hydrogens is 310 g/mol. The number of hydrogen-bond acceptors (Lipinski definition) is 4. The molecule has 0 amide bonds. The molecule has 0 aliphatic heterocycles. The molecule has 2 N–H and O–H groups in total. The van der Waals surface area contributed by atoms with Crippen LogP contribution in [0.4, 0.5) is 0 Å². The topological polar surface area (TPSA) is 85.9 Å². The predicted octanol–water partition coefficient (Wildman–Crippen LogP) is 2.55. The standard InChI is InChI=1S/C17H15N3O2S/c18-23(21,22)17-8-4-1-5-11(17)12-9-13(12)16-10-19-14-6-2-3-7-15(14)20-16/h1-8,10,12-13H,9H2,(H2,18,21,22). The zero-order valence-corrected chi connectivity index (χ0v) is 13.1. The van der Waals surface area contributed by atoms with Crippen LogP contribution in [0, 0.1) is 0 Å². The first-order valence-electron chi connectivity index (χ1n) is 7.37. The second-order valence-electron chi connectivity index (χ2n) is 5.82. The van der Waals surface area contributed by atoms with Gasteiger partial charge < -0.3 is 0 Å². The maximum Gasteiger partial charge on any atom is 0.238 e. The van der Waals surface area contributed by atoms with Gasteiger partial charge in [0.2, 0.25) is 10.0 Å². The fraction of sp³-hybridized carbons (Fsp3) is 0.176. The highest BCUT2D eigenvalue weighted by atomic mass is 32.2. The first-order chi connectivity index (χ1) is 11.0. The van der Waals surface area contributed by atoms with Crippen LogP contribution in [0.2, 0.25) is 0 Å². The van der Waals surface area contributed by atoms with Crippen molar-refractivity contribution >= 4 is 21.1 Å².